The molecule has 0 saturated carbocycles. The van der Waals surface area contributed by atoms with E-state index in [1.807, 2.05) is 30.5 Å². The highest BCUT2D eigenvalue weighted by atomic mass is 32.1. The van der Waals surface area contributed by atoms with Crippen LogP contribution in [0.4, 0.5) is 0 Å². The first-order chi connectivity index (χ1) is 10.1. The number of fused-ring (bicyclic) bond motifs is 1. The van der Waals surface area contributed by atoms with Gasteiger partial charge in [-0.05, 0) is 30.0 Å². The third-order valence-corrected chi connectivity index (χ3v) is 4.26. The van der Waals surface area contributed by atoms with E-state index >= 15 is 0 Å². The van der Waals surface area contributed by atoms with E-state index in [1.54, 1.807) is 17.4 Å². The fourth-order valence-electron chi connectivity index (χ4n) is 2.31. The van der Waals surface area contributed by atoms with Crippen molar-refractivity contribution in [2.75, 3.05) is 0 Å². The average molecular weight is 298 g/mol. The number of benzene rings is 1. The van der Waals surface area contributed by atoms with Crippen molar-refractivity contribution < 1.29 is 9.59 Å². The Balaban J connectivity index is 2.11. The van der Waals surface area contributed by atoms with Crippen LogP contribution in [-0.2, 0) is 11.2 Å². The van der Waals surface area contributed by atoms with Crippen molar-refractivity contribution in [1.29, 1.82) is 0 Å². The number of hydrogen-bond donors (Lipinski definition) is 1. The molecule has 4 nitrogen and oxygen atoms in total. The number of nitrogens with one attached hydrogen (secondary N) is 1. The van der Waals surface area contributed by atoms with E-state index < -0.39 is 11.6 Å². The number of nitrogens with zero attached hydrogens (tertiary/aromatic N) is 1. The van der Waals surface area contributed by atoms with E-state index in [9.17, 15) is 9.59 Å². The van der Waals surface area contributed by atoms with Crippen molar-refractivity contribution in [2.24, 2.45) is 0 Å². The molecule has 0 atom stereocenters. The number of hydrogen-bond acceptors (Lipinski definition) is 4. The molecule has 0 bridgehead atoms. The summed E-state index contributed by atoms with van der Waals surface area (Å²) in [6.07, 6.45) is 0.694. The molecule has 3 rings (SSSR count). The van der Waals surface area contributed by atoms with Gasteiger partial charge in [0.2, 0.25) is 5.78 Å². The molecule has 1 aromatic carbocycles. The number of carbonyl (C=O) groups excluding carboxylic acids is 2. The van der Waals surface area contributed by atoms with Gasteiger partial charge in [-0.1, -0.05) is 12.1 Å². The Kier molecular flexibility index (Phi) is 3.43. The molecular weight excluding hydrogens is 284 g/mol. The molecule has 0 aliphatic rings. The number of aryl methyl sites for hydroxylation is 1. The molecule has 2 heterocycles. The van der Waals surface area contributed by atoms with Crippen LogP contribution in [0.25, 0.3) is 11.0 Å². The van der Waals surface area contributed by atoms with E-state index in [4.69, 9.17) is 0 Å². The molecule has 0 aliphatic carbocycles. The molecule has 0 amide bonds. The molecule has 5 heteroatoms. The Morgan fingerprint density at radius 2 is 2.10 bits per heavy atom. The van der Waals surface area contributed by atoms with Gasteiger partial charge in [-0.15, -0.1) is 11.3 Å². The normalized spacial score (nSPS) is 11.0. The first-order valence-electron chi connectivity index (χ1n) is 6.62. The van der Waals surface area contributed by atoms with Crippen molar-refractivity contribution in [3.05, 3.63) is 51.5 Å². The van der Waals surface area contributed by atoms with Crippen molar-refractivity contribution in [3.8, 4) is 0 Å². The Bertz CT molecular complexity index is 831. The molecule has 3 aromatic rings. The number of rotatable bonds is 4. The zero-order valence-corrected chi connectivity index (χ0v) is 12.6. The molecule has 21 heavy (non-hydrogen) atoms. The van der Waals surface area contributed by atoms with E-state index in [0.717, 1.165) is 16.9 Å². The van der Waals surface area contributed by atoms with Gasteiger partial charge in [0.15, 0.2) is 5.78 Å². The topological polar surface area (TPSA) is 62.8 Å². The predicted octanol–water partition coefficient (Wildman–Crippen LogP) is 3.30. The second-order valence-electron chi connectivity index (χ2n) is 4.98. The highest BCUT2D eigenvalue weighted by Gasteiger charge is 2.18. The number of carbonyl (C=O) groups is 2. The molecule has 0 aliphatic heterocycles. The maximum Gasteiger partial charge on any atom is 0.230 e. The van der Waals surface area contributed by atoms with E-state index in [2.05, 4.69) is 9.97 Å². The minimum atomic E-state index is -0.480. The third kappa shape index (κ3) is 2.52. The van der Waals surface area contributed by atoms with E-state index in [-0.39, 0.29) is 0 Å². The van der Waals surface area contributed by atoms with Crippen LogP contribution < -0.4 is 0 Å². The lowest BCUT2D eigenvalue weighted by Gasteiger charge is -2.00. The molecule has 0 spiro atoms. The van der Waals surface area contributed by atoms with Gasteiger partial charge in [0.05, 0.1) is 16.6 Å². The molecule has 106 valence electrons. The number of imidazole rings is 1. The quantitative estimate of drug-likeness (QED) is 0.594. The summed E-state index contributed by atoms with van der Waals surface area (Å²) < 4.78 is 0. The van der Waals surface area contributed by atoms with Crippen LogP contribution >= 0.6 is 11.3 Å². The summed E-state index contributed by atoms with van der Waals surface area (Å²) in [6, 6.07) is 7.56. The van der Waals surface area contributed by atoms with Crippen LogP contribution in [0.15, 0.2) is 29.6 Å². The van der Waals surface area contributed by atoms with Gasteiger partial charge in [-0.2, -0.15) is 0 Å². The molecular formula is C16H14N2O2S. The SMILES string of the molecule is CC(=O)C(=O)c1ccc(C)c2nc(Cc3cccs3)[nH]c12. The summed E-state index contributed by atoms with van der Waals surface area (Å²) in [7, 11) is 0. The molecule has 2 aromatic heterocycles. The third-order valence-electron chi connectivity index (χ3n) is 3.38. The summed E-state index contributed by atoms with van der Waals surface area (Å²) in [5.74, 6) is -0.139. The van der Waals surface area contributed by atoms with Crippen LogP contribution in [0.1, 0.15) is 33.5 Å². The monoisotopic (exact) mass is 298 g/mol. The second-order valence-corrected chi connectivity index (χ2v) is 6.01. The number of Topliss-reactive ketones (excluding diaryl/α,β-unsaturated/α-hetero) is 2. The van der Waals surface area contributed by atoms with Crippen LogP contribution in [0.5, 0.6) is 0 Å². The highest BCUT2D eigenvalue weighted by molar-refractivity contribution is 7.09. The number of ketones is 2. The lowest BCUT2D eigenvalue weighted by Crippen LogP contribution is -2.10. The number of aromatic nitrogens is 2. The fourth-order valence-corrected chi connectivity index (χ4v) is 3.02. The van der Waals surface area contributed by atoms with Crippen LogP contribution in [0.3, 0.4) is 0 Å². The van der Waals surface area contributed by atoms with Crippen molar-refractivity contribution >= 4 is 33.9 Å². The molecule has 0 radical (unpaired) electrons. The first-order valence-corrected chi connectivity index (χ1v) is 7.50. The van der Waals surface area contributed by atoms with Gasteiger partial charge in [-0.25, -0.2) is 4.98 Å². The largest absolute Gasteiger partial charge is 0.341 e. The van der Waals surface area contributed by atoms with Gasteiger partial charge < -0.3 is 4.98 Å². The van der Waals surface area contributed by atoms with Gasteiger partial charge in [0, 0.05) is 18.2 Å². The summed E-state index contributed by atoms with van der Waals surface area (Å²) in [5.41, 5.74) is 2.79. The van der Waals surface area contributed by atoms with Gasteiger partial charge >= 0.3 is 0 Å². The summed E-state index contributed by atoms with van der Waals surface area (Å²) >= 11 is 1.67. The Morgan fingerprint density at radius 3 is 2.76 bits per heavy atom. The lowest BCUT2D eigenvalue weighted by molar-refractivity contribution is -0.113. The summed E-state index contributed by atoms with van der Waals surface area (Å²) in [6.45, 7) is 3.23. The first kappa shape index (κ1) is 13.7. The Morgan fingerprint density at radius 1 is 1.29 bits per heavy atom. The number of H-pyrrole nitrogens is 1. The zero-order valence-electron chi connectivity index (χ0n) is 11.8. The number of aromatic amines is 1. The molecule has 0 fully saturated rings. The minimum absolute atomic E-state index is 0.396. The second kappa shape index (κ2) is 5.26. The summed E-state index contributed by atoms with van der Waals surface area (Å²) in [5, 5.41) is 2.02. The zero-order chi connectivity index (χ0) is 15.0. The van der Waals surface area contributed by atoms with E-state index in [0.29, 0.717) is 17.5 Å². The van der Waals surface area contributed by atoms with Crippen LogP contribution in [0, 0.1) is 6.92 Å². The molecule has 0 saturated heterocycles. The Hall–Kier alpha value is -2.27. The predicted molar refractivity (Wildman–Crippen MR) is 83.0 cm³/mol. The minimum Gasteiger partial charge on any atom is -0.341 e. The number of thiophene rings is 1. The van der Waals surface area contributed by atoms with Crippen LogP contribution in [-0.4, -0.2) is 21.5 Å². The maximum atomic E-state index is 12.0. The van der Waals surface area contributed by atoms with Crippen LogP contribution in [0.2, 0.25) is 0 Å². The Labute approximate surface area is 125 Å². The lowest BCUT2D eigenvalue weighted by atomic mass is 10.0. The standard InChI is InChI=1S/C16H14N2O2S/c1-9-5-6-12(16(20)10(2)19)15-14(9)17-13(18-15)8-11-4-3-7-21-11/h3-7H,8H2,1-2H3,(H,17,18). The van der Waals surface area contributed by atoms with Gasteiger partial charge in [-0.3, -0.25) is 9.59 Å². The summed E-state index contributed by atoms with van der Waals surface area (Å²) in [4.78, 5) is 32.3. The fraction of sp³-hybridized carbons (Fsp3) is 0.188. The van der Waals surface area contributed by atoms with Crippen molar-refractivity contribution in [3.63, 3.8) is 0 Å². The smallest absolute Gasteiger partial charge is 0.230 e. The van der Waals surface area contributed by atoms with Gasteiger partial charge in [0.25, 0.3) is 0 Å². The van der Waals surface area contributed by atoms with Crippen molar-refractivity contribution in [1.82, 2.24) is 9.97 Å². The highest BCUT2D eigenvalue weighted by Crippen LogP contribution is 2.23. The average Bonchev–Trinajstić information content (AvgIpc) is 3.08. The molecule has 1 N–H and O–H groups in total. The van der Waals surface area contributed by atoms with Gasteiger partial charge in [0.1, 0.15) is 5.82 Å². The van der Waals surface area contributed by atoms with Crippen molar-refractivity contribution in [2.45, 2.75) is 20.3 Å². The maximum absolute atomic E-state index is 12.0. The molecule has 0 unspecified atom stereocenters. The van der Waals surface area contributed by atoms with E-state index in [1.165, 1.54) is 11.8 Å².